The molecular formula is C22H23N3O3. The number of benzene rings is 2. The Balaban J connectivity index is 1.78. The molecule has 6 heteroatoms. The van der Waals surface area contributed by atoms with Gasteiger partial charge in [0.2, 0.25) is 0 Å². The third-order valence-electron chi connectivity index (χ3n) is 4.54. The van der Waals surface area contributed by atoms with Gasteiger partial charge in [-0.05, 0) is 48.7 Å². The third kappa shape index (κ3) is 4.51. The quantitative estimate of drug-likeness (QED) is 0.652. The molecule has 28 heavy (non-hydrogen) atoms. The maximum absolute atomic E-state index is 9.54. The normalized spacial score (nSPS) is 10.5. The molecule has 0 aliphatic rings. The fourth-order valence-electron chi connectivity index (χ4n) is 2.99. The topological polar surface area (TPSA) is 80.3 Å². The van der Waals surface area contributed by atoms with Crippen molar-refractivity contribution in [1.29, 1.82) is 5.26 Å². The summed E-state index contributed by atoms with van der Waals surface area (Å²) in [6, 6.07) is 17.6. The maximum atomic E-state index is 9.54. The Hall–Kier alpha value is -3.30. The second-order valence-electron chi connectivity index (χ2n) is 6.43. The van der Waals surface area contributed by atoms with Crippen LogP contribution in [0.15, 0.2) is 48.5 Å². The molecule has 0 fully saturated rings. The lowest BCUT2D eigenvalue weighted by molar-refractivity contribution is 0.291. The summed E-state index contributed by atoms with van der Waals surface area (Å²) in [4.78, 5) is 0. The van der Waals surface area contributed by atoms with Crippen LogP contribution in [0.2, 0.25) is 0 Å². The molecule has 0 spiro atoms. The zero-order chi connectivity index (χ0) is 19.9. The van der Waals surface area contributed by atoms with E-state index in [-0.39, 0.29) is 13.2 Å². The van der Waals surface area contributed by atoms with Crippen molar-refractivity contribution in [2.24, 2.45) is 0 Å². The maximum Gasteiger partial charge on any atom is 0.131 e. The van der Waals surface area contributed by atoms with Crippen LogP contribution in [0.1, 0.15) is 28.1 Å². The predicted octanol–water partition coefficient (Wildman–Crippen LogP) is 3.23. The van der Waals surface area contributed by atoms with E-state index in [1.54, 1.807) is 7.11 Å². The molecule has 6 nitrogen and oxygen atoms in total. The Morgan fingerprint density at radius 3 is 2.29 bits per heavy atom. The standard InChI is InChI=1S/C22H23N3O3/c1-16-21(13-23)22(15-28-20-9-3-17(4-10-20)11-12-26)25(24-16)14-18-5-7-19(27-2)8-6-18/h3-10,26H,11-12,14-15H2,1-2H3. The van der Waals surface area contributed by atoms with Gasteiger partial charge in [-0.25, -0.2) is 0 Å². The molecule has 0 saturated carbocycles. The summed E-state index contributed by atoms with van der Waals surface area (Å²) in [5.41, 5.74) is 4.09. The van der Waals surface area contributed by atoms with Gasteiger partial charge >= 0.3 is 0 Å². The molecule has 3 rings (SSSR count). The van der Waals surface area contributed by atoms with Crippen LogP contribution in [-0.4, -0.2) is 28.6 Å². The highest BCUT2D eigenvalue weighted by atomic mass is 16.5. The number of nitrogens with zero attached hydrogens (tertiary/aromatic N) is 3. The molecule has 0 amide bonds. The highest BCUT2D eigenvalue weighted by molar-refractivity contribution is 5.38. The number of rotatable bonds is 8. The Kier molecular flexibility index (Phi) is 6.30. The van der Waals surface area contributed by atoms with Gasteiger partial charge in [0.15, 0.2) is 0 Å². The Morgan fingerprint density at radius 1 is 1.04 bits per heavy atom. The lowest BCUT2D eigenvalue weighted by Gasteiger charge is -2.11. The predicted molar refractivity (Wildman–Crippen MR) is 105 cm³/mol. The first kappa shape index (κ1) is 19.5. The van der Waals surface area contributed by atoms with Crippen molar-refractivity contribution >= 4 is 0 Å². The average Bonchev–Trinajstić information content (AvgIpc) is 3.02. The van der Waals surface area contributed by atoms with Gasteiger partial charge in [0, 0.05) is 6.61 Å². The van der Waals surface area contributed by atoms with E-state index in [9.17, 15) is 5.26 Å². The van der Waals surface area contributed by atoms with Crippen molar-refractivity contribution in [2.45, 2.75) is 26.5 Å². The smallest absolute Gasteiger partial charge is 0.131 e. The van der Waals surface area contributed by atoms with Crippen LogP contribution >= 0.6 is 0 Å². The van der Waals surface area contributed by atoms with E-state index in [0.717, 1.165) is 22.6 Å². The van der Waals surface area contributed by atoms with Crippen LogP contribution in [-0.2, 0) is 19.6 Å². The lowest BCUT2D eigenvalue weighted by Crippen LogP contribution is -2.10. The first-order chi connectivity index (χ1) is 13.6. The number of methoxy groups -OCH3 is 1. The molecule has 0 saturated heterocycles. The minimum absolute atomic E-state index is 0.121. The minimum Gasteiger partial charge on any atom is -0.497 e. The molecule has 144 valence electrons. The molecule has 0 atom stereocenters. The van der Waals surface area contributed by atoms with Crippen LogP contribution in [0.4, 0.5) is 0 Å². The Morgan fingerprint density at radius 2 is 1.68 bits per heavy atom. The van der Waals surface area contributed by atoms with Crippen molar-refractivity contribution in [3.8, 4) is 17.6 Å². The van der Waals surface area contributed by atoms with Gasteiger partial charge in [0.1, 0.15) is 24.2 Å². The van der Waals surface area contributed by atoms with Gasteiger partial charge in [0.05, 0.1) is 30.6 Å². The summed E-state index contributed by atoms with van der Waals surface area (Å²) in [6.07, 6.45) is 0.618. The molecule has 2 aromatic carbocycles. The second kappa shape index (κ2) is 9.07. The number of aryl methyl sites for hydroxylation is 1. The van der Waals surface area contributed by atoms with E-state index in [1.165, 1.54) is 0 Å². The highest BCUT2D eigenvalue weighted by Gasteiger charge is 2.16. The first-order valence-corrected chi connectivity index (χ1v) is 9.06. The monoisotopic (exact) mass is 377 g/mol. The lowest BCUT2D eigenvalue weighted by atomic mass is 10.1. The highest BCUT2D eigenvalue weighted by Crippen LogP contribution is 2.20. The van der Waals surface area contributed by atoms with E-state index in [2.05, 4.69) is 11.2 Å². The molecule has 0 aliphatic carbocycles. The molecule has 0 aliphatic heterocycles. The third-order valence-corrected chi connectivity index (χ3v) is 4.54. The van der Waals surface area contributed by atoms with Gasteiger partial charge in [-0.15, -0.1) is 0 Å². The number of hydrogen-bond donors (Lipinski definition) is 1. The molecule has 3 aromatic rings. The van der Waals surface area contributed by atoms with Gasteiger partial charge in [-0.3, -0.25) is 4.68 Å². The molecular weight excluding hydrogens is 354 g/mol. The fourth-order valence-corrected chi connectivity index (χ4v) is 2.99. The van der Waals surface area contributed by atoms with Gasteiger partial charge in [-0.1, -0.05) is 24.3 Å². The summed E-state index contributed by atoms with van der Waals surface area (Å²) in [6.45, 7) is 2.74. The number of hydrogen-bond acceptors (Lipinski definition) is 5. The van der Waals surface area contributed by atoms with Crippen molar-refractivity contribution in [1.82, 2.24) is 9.78 Å². The molecule has 1 aromatic heterocycles. The van der Waals surface area contributed by atoms with E-state index in [1.807, 2.05) is 60.1 Å². The number of aliphatic hydroxyl groups excluding tert-OH is 1. The van der Waals surface area contributed by atoms with E-state index in [4.69, 9.17) is 14.6 Å². The zero-order valence-electron chi connectivity index (χ0n) is 16.1. The summed E-state index contributed by atoms with van der Waals surface area (Å²) >= 11 is 0. The summed E-state index contributed by atoms with van der Waals surface area (Å²) < 4.78 is 12.9. The van der Waals surface area contributed by atoms with Gasteiger partial charge in [-0.2, -0.15) is 10.4 Å². The van der Waals surface area contributed by atoms with Crippen molar-refractivity contribution in [3.05, 3.63) is 76.6 Å². The van der Waals surface area contributed by atoms with E-state index >= 15 is 0 Å². The molecule has 1 heterocycles. The molecule has 1 N–H and O–H groups in total. The van der Waals surface area contributed by atoms with Crippen LogP contribution in [0.5, 0.6) is 11.5 Å². The Bertz CT molecular complexity index is 954. The number of aliphatic hydroxyl groups is 1. The van der Waals surface area contributed by atoms with Crippen LogP contribution < -0.4 is 9.47 Å². The minimum atomic E-state index is 0.121. The van der Waals surface area contributed by atoms with Crippen LogP contribution in [0.3, 0.4) is 0 Å². The van der Waals surface area contributed by atoms with Crippen molar-refractivity contribution in [3.63, 3.8) is 0 Å². The van der Waals surface area contributed by atoms with E-state index in [0.29, 0.717) is 30.0 Å². The largest absolute Gasteiger partial charge is 0.497 e. The summed E-state index contributed by atoms with van der Waals surface area (Å²) in [5.74, 6) is 1.51. The summed E-state index contributed by atoms with van der Waals surface area (Å²) in [7, 11) is 1.64. The Labute approximate surface area is 164 Å². The fraction of sp³-hybridized carbons (Fsp3) is 0.273. The van der Waals surface area contributed by atoms with Crippen molar-refractivity contribution in [2.75, 3.05) is 13.7 Å². The summed E-state index contributed by atoms with van der Waals surface area (Å²) in [5, 5.41) is 23.1. The van der Waals surface area contributed by atoms with Gasteiger partial charge < -0.3 is 14.6 Å². The average molecular weight is 377 g/mol. The van der Waals surface area contributed by atoms with Crippen LogP contribution in [0.25, 0.3) is 0 Å². The molecule has 0 bridgehead atoms. The zero-order valence-corrected chi connectivity index (χ0v) is 16.1. The first-order valence-electron chi connectivity index (χ1n) is 9.06. The van der Waals surface area contributed by atoms with Gasteiger partial charge in [0.25, 0.3) is 0 Å². The molecule has 0 unspecified atom stereocenters. The number of ether oxygens (including phenoxy) is 2. The van der Waals surface area contributed by atoms with Crippen LogP contribution in [0, 0.1) is 18.3 Å². The van der Waals surface area contributed by atoms with Crippen molar-refractivity contribution < 1.29 is 14.6 Å². The second-order valence-corrected chi connectivity index (χ2v) is 6.43. The number of nitriles is 1. The van der Waals surface area contributed by atoms with E-state index < -0.39 is 0 Å². The SMILES string of the molecule is COc1ccc(Cn2nc(C)c(C#N)c2COc2ccc(CCO)cc2)cc1. The number of aromatic nitrogens is 2. The molecule has 0 radical (unpaired) electrons.